The van der Waals surface area contributed by atoms with Crippen molar-refractivity contribution in [2.75, 3.05) is 0 Å². The molecule has 0 saturated carbocycles. The standard InChI is InChI=1S/C15H18N2O/c1-3-14-15(13(16)9-11(2)17-14)18-10-12-7-5-4-6-8-12/h4-9H,3,10H2,1-2H3,(H2,16,17)/p+2. The highest BCUT2D eigenvalue weighted by molar-refractivity contribution is 5.46. The molecular weight excluding hydrogens is 224 g/mol. The van der Waals surface area contributed by atoms with Crippen LogP contribution in [-0.2, 0) is 13.0 Å². The van der Waals surface area contributed by atoms with Crippen LogP contribution in [0.15, 0.2) is 36.4 Å². The topological polar surface area (TPSA) is 51.0 Å². The number of quaternary nitrogens is 1. The van der Waals surface area contributed by atoms with Crippen molar-refractivity contribution in [3.63, 3.8) is 0 Å². The van der Waals surface area contributed by atoms with Crippen LogP contribution in [0.5, 0.6) is 5.75 Å². The van der Waals surface area contributed by atoms with Gasteiger partial charge in [-0.25, -0.2) is 4.98 Å². The Labute approximate surface area is 108 Å². The summed E-state index contributed by atoms with van der Waals surface area (Å²) in [6.07, 6.45) is 0.911. The Morgan fingerprint density at radius 1 is 1.22 bits per heavy atom. The van der Waals surface area contributed by atoms with Gasteiger partial charge in [-0.3, -0.25) is 0 Å². The largest absolute Gasteiger partial charge is 0.478 e. The fourth-order valence-corrected chi connectivity index (χ4v) is 2.01. The lowest BCUT2D eigenvalue weighted by atomic mass is 10.2. The Hall–Kier alpha value is -1.87. The number of H-pyrrole nitrogens is 1. The van der Waals surface area contributed by atoms with E-state index in [-0.39, 0.29) is 0 Å². The Bertz CT molecular complexity index is 524. The number of benzene rings is 1. The average Bonchev–Trinajstić information content (AvgIpc) is 2.38. The summed E-state index contributed by atoms with van der Waals surface area (Å²) < 4.78 is 5.91. The van der Waals surface area contributed by atoms with E-state index in [4.69, 9.17) is 4.74 Å². The lowest BCUT2D eigenvalue weighted by Crippen LogP contribution is -2.42. The van der Waals surface area contributed by atoms with Crippen molar-refractivity contribution in [2.24, 2.45) is 0 Å². The summed E-state index contributed by atoms with van der Waals surface area (Å²) in [6, 6.07) is 12.2. The highest BCUT2D eigenvalue weighted by atomic mass is 16.5. The maximum Gasteiger partial charge on any atom is 0.248 e. The minimum Gasteiger partial charge on any atom is -0.478 e. The molecule has 1 heterocycles. The molecule has 0 fully saturated rings. The van der Waals surface area contributed by atoms with Gasteiger partial charge >= 0.3 is 0 Å². The number of rotatable bonds is 4. The van der Waals surface area contributed by atoms with Gasteiger partial charge in [0.1, 0.15) is 6.61 Å². The molecule has 0 aliphatic carbocycles. The van der Waals surface area contributed by atoms with Gasteiger partial charge < -0.3 is 10.5 Å². The third-order valence-corrected chi connectivity index (χ3v) is 2.88. The van der Waals surface area contributed by atoms with E-state index >= 15 is 0 Å². The molecule has 0 spiro atoms. The molecule has 1 aromatic carbocycles. The van der Waals surface area contributed by atoms with E-state index in [0.717, 1.165) is 29.2 Å². The molecule has 0 atom stereocenters. The maximum atomic E-state index is 5.91. The molecule has 18 heavy (non-hydrogen) atoms. The minimum atomic E-state index is 0.577. The molecule has 2 aromatic rings. The van der Waals surface area contributed by atoms with Gasteiger partial charge in [-0.05, 0) is 5.56 Å². The molecule has 94 valence electrons. The van der Waals surface area contributed by atoms with Crippen LogP contribution in [0.1, 0.15) is 23.9 Å². The summed E-state index contributed by atoms with van der Waals surface area (Å²) in [5.74, 6) is 0.881. The van der Waals surface area contributed by atoms with E-state index in [2.05, 4.69) is 29.8 Å². The summed E-state index contributed by atoms with van der Waals surface area (Å²) >= 11 is 0. The number of nitrogens with one attached hydrogen (secondary N) is 1. The van der Waals surface area contributed by atoms with Crippen LogP contribution in [0.25, 0.3) is 0 Å². The van der Waals surface area contributed by atoms with E-state index in [1.165, 1.54) is 5.56 Å². The van der Waals surface area contributed by atoms with E-state index in [9.17, 15) is 0 Å². The molecule has 0 radical (unpaired) electrons. The fraction of sp³-hybridized carbons (Fsp3) is 0.267. The van der Waals surface area contributed by atoms with Crippen molar-refractivity contribution in [3.8, 4) is 5.75 Å². The second-order valence-corrected chi connectivity index (χ2v) is 4.41. The van der Waals surface area contributed by atoms with E-state index in [1.807, 2.05) is 31.2 Å². The van der Waals surface area contributed by atoms with Gasteiger partial charge in [0, 0.05) is 13.3 Å². The van der Waals surface area contributed by atoms with Gasteiger partial charge in [-0.1, -0.05) is 37.3 Å². The first kappa shape index (κ1) is 12.6. The predicted octanol–water partition coefficient (Wildman–Crippen LogP) is 1.82. The zero-order chi connectivity index (χ0) is 13.0. The Morgan fingerprint density at radius 2 is 1.94 bits per heavy atom. The normalized spacial score (nSPS) is 10.4. The maximum absolute atomic E-state index is 5.91. The lowest BCUT2D eigenvalue weighted by molar-refractivity contribution is -0.402. The predicted molar refractivity (Wildman–Crippen MR) is 70.4 cm³/mol. The number of hydrogen-bond acceptors (Lipinski definition) is 1. The van der Waals surface area contributed by atoms with Gasteiger partial charge in [0.15, 0.2) is 11.4 Å². The first-order valence-electron chi connectivity index (χ1n) is 6.25. The molecule has 0 bridgehead atoms. The van der Waals surface area contributed by atoms with Crippen molar-refractivity contribution in [2.45, 2.75) is 26.9 Å². The summed E-state index contributed by atoms with van der Waals surface area (Å²) in [6.45, 7) is 4.72. The first-order valence-corrected chi connectivity index (χ1v) is 6.25. The molecule has 3 nitrogen and oxygen atoms in total. The molecule has 1 aromatic heterocycles. The van der Waals surface area contributed by atoms with Gasteiger partial charge in [0.2, 0.25) is 11.4 Å². The van der Waals surface area contributed by atoms with Gasteiger partial charge in [-0.15, -0.1) is 0 Å². The summed E-state index contributed by atoms with van der Waals surface area (Å²) in [5, 5.41) is 0. The highest BCUT2D eigenvalue weighted by Gasteiger charge is 2.17. The van der Waals surface area contributed by atoms with Crippen LogP contribution in [0.4, 0.5) is 5.69 Å². The van der Waals surface area contributed by atoms with Crippen molar-refractivity contribution in [1.29, 1.82) is 0 Å². The molecule has 0 aliphatic rings. The van der Waals surface area contributed by atoms with Crippen LogP contribution in [0, 0.1) is 6.92 Å². The smallest absolute Gasteiger partial charge is 0.248 e. The second-order valence-electron chi connectivity index (χ2n) is 4.41. The number of hydrogen-bond donors (Lipinski definition) is 1. The molecule has 3 heteroatoms. The highest BCUT2D eigenvalue weighted by Crippen LogP contribution is 2.23. The molecule has 0 unspecified atom stereocenters. The van der Waals surface area contributed by atoms with Crippen LogP contribution in [0.2, 0.25) is 0 Å². The van der Waals surface area contributed by atoms with Crippen LogP contribution in [0.3, 0.4) is 0 Å². The average molecular weight is 244 g/mol. The van der Waals surface area contributed by atoms with Crippen molar-refractivity contribution >= 4 is 5.69 Å². The Kier molecular flexibility index (Phi) is 3.95. The quantitative estimate of drug-likeness (QED) is 0.876. The van der Waals surface area contributed by atoms with Crippen molar-refractivity contribution < 1.29 is 15.5 Å². The van der Waals surface area contributed by atoms with Crippen molar-refractivity contribution in [3.05, 3.63) is 53.3 Å². The molecule has 0 saturated heterocycles. The van der Waals surface area contributed by atoms with Crippen LogP contribution < -0.4 is 15.5 Å². The van der Waals surface area contributed by atoms with E-state index < -0.39 is 0 Å². The van der Waals surface area contributed by atoms with Crippen molar-refractivity contribution in [1.82, 2.24) is 0 Å². The Balaban J connectivity index is 2.19. The van der Waals surface area contributed by atoms with E-state index in [0.29, 0.717) is 6.61 Å². The zero-order valence-corrected chi connectivity index (χ0v) is 11.0. The van der Waals surface area contributed by atoms with E-state index in [1.54, 1.807) is 0 Å². The summed E-state index contributed by atoms with van der Waals surface area (Å²) in [7, 11) is 0. The van der Waals surface area contributed by atoms with Crippen LogP contribution in [-0.4, -0.2) is 0 Å². The molecule has 2 rings (SSSR count). The third kappa shape index (κ3) is 2.87. The molecule has 0 amide bonds. The summed E-state index contributed by atoms with van der Waals surface area (Å²) in [4.78, 5) is 3.34. The second kappa shape index (κ2) is 5.65. The number of pyridine rings is 1. The van der Waals surface area contributed by atoms with Crippen LogP contribution >= 0.6 is 0 Å². The minimum absolute atomic E-state index is 0.577. The zero-order valence-electron chi connectivity index (χ0n) is 11.0. The first-order chi connectivity index (χ1) is 8.70. The molecule has 4 N–H and O–H groups in total. The lowest BCUT2D eigenvalue weighted by Gasteiger charge is -2.07. The van der Waals surface area contributed by atoms with Gasteiger partial charge in [0.25, 0.3) is 0 Å². The number of aromatic amines is 1. The van der Waals surface area contributed by atoms with Gasteiger partial charge in [-0.2, -0.15) is 0 Å². The number of aryl methyl sites for hydroxylation is 2. The number of ether oxygens (including phenoxy) is 1. The molecule has 0 aliphatic heterocycles. The monoisotopic (exact) mass is 244 g/mol. The fourth-order valence-electron chi connectivity index (χ4n) is 2.01. The number of aromatic nitrogens is 1. The summed E-state index contributed by atoms with van der Waals surface area (Å²) in [5.41, 5.74) is 8.39. The SMILES string of the molecule is CCc1[nH+]c(C)cc([NH3+])c1OCc1ccccc1. The molecular formula is C15H20N2O+2. The third-order valence-electron chi connectivity index (χ3n) is 2.88. The Morgan fingerprint density at radius 3 is 2.61 bits per heavy atom. The van der Waals surface area contributed by atoms with Gasteiger partial charge in [0.05, 0.1) is 6.07 Å².